The third-order valence-electron chi connectivity index (χ3n) is 3.93. The maximum atomic E-state index is 4.45. The highest BCUT2D eigenvalue weighted by Crippen LogP contribution is 2.25. The minimum absolute atomic E-state index is 0.486. The second kappa shape index (κ2) is 5.70. The number of H-pyrrole nitrogens is 1. The van der Waals surface area contributed by atoms with Crippen LogP contribution in [-0.4, -0.2) is 47.9 Å². The molecule has 1 N–H and O–H groups in total. The maximum absolute atomic E-state index is 4.45. The van der Waals surface area contributed by atoms with Gasteiger partial charge in [0.2, 0.25) is 0 Å². The fourth-order valence-electron chi connectivity index (χ4n) is 2.77. The summed E-state index contributed by atoms with van der Waals surface area (Å²) in [4.78, 5) is 11.2. The van der Waals surface area contributed by atoms with Gasteiger partial charge in [0.25, 0.3) is 0 Å². The number of nitrogens with zero attached hydrogens (tertiary/aromatic N) is 6. The van der Waals surface area contributed by atoms with Crippen molar-refractivity contribution in [3.63, 3.8) is 0 Å². The predicted octanol–water partition coefficient (Wildman–Crippen LogP) is 1.10. The molecule has 0 saturated carbocycles. The van der Waals surface area contributed by atoms with E-state index in [4.69, 9.17) is 0 Å². The Bertz CT molecular complexity index is 551. The van der Waals surface area contributed by atoms with Gasteiger partial charge < -0.3 is 0 Å². The first-order chi connectivity index (χ1) is 9.76. The molecule has 0 aliphatic carbocycles. The van der Waals surface area contributed by atoms with Crippen molar-refractivity contribution in [1.82, 2.24) is 34.8 Å². The Kier molecular flexibility index (Phi) is 3.77. The van der Waals surface area contributed by atoms with Crippen LogP contribution in [0.25, 0.3) is 0 Å². The largest absolute Gasteiger partial charge is 0.296 e. The molecule has 1 aliphatic heterocycles. The van der Waals surface area contributed by atoms with Gasteiger partial charge >= 0.3 is 0 Å². The molecule has 0 aromatic carbocycles. The van der Waals surface area contributed by atoms with Gasteiger partial charge in [-0.3, -0.25) is 10.00 Å². The van der Waals surface area contributed by atoms with Gasteiger partial charge in [-0.15, -0.1) is 0 Å². The molecule has 2 aromatic heterocycles. The summed E-state index contributed by atoms with van der Waals surface area (Å²) >= 11 is 0. The van der Waals surface area contributed by atoms with Crippen LogP contribution in [0, 0.1) is 6.92 Å². The zero-order valence-corrected chi connectivity index (χ0v) is 12.1. The van der Waals surface area contributed by atoms with Crippen LogP contribution in [0.3, 0.4) is 0 Å². The summed E-state index contributed by atoms with van der Waals surface area (Å²) in [5.41, 5.74) is 0. The molecule has 3 heterocycles. The molecule has 0 spiro atoms. The molecule has 108 valence electrons. The van der Waals surface area contributed by atoms with Crippen LogP contribution >= 0.6 is 0 Å². The molecule has 3 rings (SSSR count). The van der Waals surface area contributed by atoms with Crippen molar-refractivity contribution in [2.24, 2.45) is 0 Å². The average molecular weight is 275 g/mol. The molecule has 7 heteroatoms. The minimum Gasteiger partial charge on any atom is -0.296 e. The summed E-state index contributed by atoms with van der Waals surface area (Å²) in [6, 6.07) is 0. The predicted molar refractivity (Wildman–Crippen MR) is 74.1 cm³/mol. The lowest BCUT2D eigenvalue weighted by atomic mass is 9.96. The van der Waals surface area contributed by atoms with E-state index in [9.17, 15) is 0 Å². The Morgan fingerprint density at radius 3 is 2.80 bits per heavy atom. The third-order valence-corrected chi connectivity index (χ3v) is 3.93. The molecule has 1 fully saturated rings. The van der Waals surface area contributed by atoms with Crippen LogP contribution < -0.4 is 0 Å². The molecule has 0 atom stereocenters. The van der Waals surface area contributed by atoms with Gasteiger partial charge in [-0.05, 0) is 39.8 Å². The number of aryl methyl sites for hydroxylation is 2. The Morgan fingerprint density at radius 2 is 2.15 bits per heavy atom. The van der Waals surface area contributed by atoms with E-state index in [1.54, 1.807) is 6.33 Å². The lowest BCUT2D eigenvalue weighted by molar-refractivity contribution is 0.194. The van der Waals surface area contributed by atoms with Crippen molar-refractivity contribution in [1.29, 1.82) is 0 Å². The standard InChI is InChI=1S/C13H21N7/c1-3-20-12(14-9-15-20)8-19-6-4-11(5-7-19)13-16-10(2)17-18-13/h9,11H,3-8H2,1-2H3,(H,16,17,18). The highest BCUT2D eigenvalue weighted by molar-refractivity contribution is 4.99. The zero-order chi connectivity index (χ0) is 13.9. The van der Waals surface area contributed by atoms with Crippen LogP contribution in [0.2, 0.25) is 0 Å². The summed E-state index contributed by atoms with van der Waals surface area (Å²) in [5, 5.41) is 11.4. The smallest absolute Gasteiger partial charge is 0.153 e. The van der Waals surface area contributed by atoms with Crippen molar-refractivity contribution in [2.45, 2.75) is 45.7 Å². The number of rotatable bonds is 4. The van der Waals surface area contributed by atoms with Gasteiger partial charge in [-0.25, -0.2) is 14.6 Å². The first-order valence-electron chi connectivity index (χ1n) is 7.24. The maximum Gasteiger partial charge on any atom is 0.153 e. The summed E-state index contributed by atoms with van der Waals surface area (Å²) in [6.07, 6.45) is 3.86. The van der Waals surface area contributed by atoms with Crippen LogP contribution in [-0.2, 0) is 13.1 Å². The molecule has 0 unspecified atom stereocenters. The molecule has 20 heavy (non-hydrogen) atoms. The second-order valence-corrected chi connectivity index (χ2v) is 5.32. The number of piperidine rings is 1. The second-order valence-electron chi connectivity index (χ2n) is 5.32. The van der Waals surface area contributed by atoms with Crippen molar-refractivity contribution >= 4 is 0 Å². The highest BCUT2D eigenvalue weighted by Gasteiger charge is 2.24. The minimum atomic E-state index is 0.486. The lowest BCUT2D eigenvalue weighted by Gasteiger charge is -2.30. The fourth-order valence-corrected chi connectivity index (χ4v) is 2.77. The first kappa shape index (κ1) is 13.2. The van der Waals surface area contributed by atoms with Gasteiger partial charge in [0, 0.05) is 12.5 Å². The van der Waals surface area contributed by atoms with E-state index < -0.39 is 0 Å². The molecule has 0 amide bonds. The van der Waals surface area contributed by atoms with E-state index in [0.29, 0.717) is 5.92 Å². The van der Waals surface area contributed by atoms with Gasteiger partial charge in [0.1, 0.15) is 18.0 Å². The van der Waals surface area contributed by atoms with E-state index in [-0.39, 0.29) is 0 Å². The molecule has 0 radical (unpaired) electrons. The Balaban J connectivity index is 1.56. The molecule has 0 bridgehead atoms. The number of nitrogens with one attached hydrogen (secondary N) is 1. The quantitative estimate of drug-likeness (QED) is 0.904. The number of hydrogen-bond donors (Lipinski definition) is 1. The van der Waals surface area contributed by atoms with Crippen LogP contribution in [0.15, 0.2) is 6.33 Å². The molecule has 2 aromatic rings. The summed E-state index contributed by atoms with van der Waals surface area (Å²) in [5.74, 6) is 3.41. The topological polar surface area (TPSA) is 75.5 Å². The zero-order valence-electron chi connectivity index (χ0n) is 12.1. The summed E-state index contributed by atoms with van der Waals surface area (Å²) in [7, 11) is 0. The van der Waals surface area contributed by atoms with E-state index in [1.165, 1.54) is 0 Å². The number of hydrogen-bond acceptors (Lipinski definition) is 5. The SMILES string of the molecule is CCn1ncnc1CN1CCC(c2n[nH]c(C)n2)CC1. The van der Waals surface area contributed by atoms with E-state index in [2.05, 4.69) is 37.1 Å². The molecular weight excluding hydrogens is 254 g/mol. The van der Waals surface area contributed by atoms with Gasteiger partial charge in [-0.2, -0.15) is 10.2 Å². The van der Waals surface area contributed by atoms with E-state index in [1.807, 2.05) is 11.6 Å². The molecule has 7 nitrogen and oxygen atoms in total. The lowest BCUT2D eigenvalue weighted by Crippen LogP contribution is -2.33. The normalized spacial score (nSPS) is 17.7. The van der Waals surface area contributed by atoms with Gasteiger partial charge in [0.15, 0.2) is 5.82 Å². The molecular formula is C13H21N7. The molecule has 1 aliphatic rings. The first-order valence-corrected chi connectivity index (χ1v) is 7.24. The fraction of sp³-hybridized carbons (Fsp3) is 0.692. The Labute approximate surface area is 118 Å². The Hall–Kier alpha value is -1.76. The number of aromatic amines is 1. The number of likely N-dealkylation sites (tertiary alicyclic amines) is 1. The monoisotopic (exact) mass is 275 g/mol. The highest BCUT2D eigenvalue weighted by atomic mass is 15.3. The van der Waals surface area contributed by atoms with Gasteiger partial charge in [-0.1, -0.05) is 0 Å². The van der Waals surface area contributed by atoms with Crippen molar-refractivity contribution in [2.75, 3.05) is 13.1 Å². The van der Waals surface area contributed by atoms with Crippen molar-refractivity contribution in [3.05, 3.63) is 23.8 Å². The third kappa shape index (κ3) is 2.72. The Morgan fingerprint density at radius 1 is 1.35 bits per heavy atom. The van der Waals surface area contributed by atoms with Crippen LogP contribution in [0.4, 0.5) is 0 Å². The van der Waals surface area contributed by atoms with E-state index in [0.717, 1.165) is 56.5 Å². The molecule has 1 saturated heterocycles. The van der Waals surface area contributed by atoms with Crippen LogP contribution in [0.5, 0.6) is 0 Å². The van der Waals surface area contributed by atoms with Crippen molar-refractivity contribution < 1.29 is 0 Å². The summed E-state index contributed by atoms with van der Waals surface area (Å²) in [6.45, 7) is 7.93. The van der Waals surface area contributed by atoms with Crippen LogP contribution in [0.1, 0.15) is 43.2 Å². The average Bonchev–Trinajstić information content (AvgIpc) is 3.08. The van der Waals surface area contributed by atoms with E-state index >= 15 is 0 Å². The van der Waals surface area contributed by atoms with Crippen molar-refractivity contribution in [3.8, 4) is 0 Å². The van der Waals surface area contributed by atoms with Gasteiger partial charge in [0.05, 0.1) is 6.54 Å². The summed E-state index contributed by atoms with van der Waals surface area (Å²) < 4.78 is 1.96. The number of aromatic nitrogens is 6.